The van der Waals surface area contributed by atoms with Gasteiger partial charge in [0.2, 0.25) is 15.9 Å². The van der Waals surface area contributed by atoms with Crippen molar-refractivity contribution < 1.29 is 28.0 Å². The van der Waals surface area contributed by atoms with Gasteiger partial charge in [0.05, 0.1) is 28.2 Å². The fraction of sp³-hybridized carbons (Fsp3) is 0.259. The summed E-state index contributed by atoms with van der Waals surface area (Å²) >= 11 is 0. The summed E-state index contributed by atoms with van der Waals surface area (Å²) in [7, 11) is -5.85. The van der Waals surface area contributed by atoms with Crippen LogP contribution in [-0.4, -0.2) is 53.4 Å². The number of nitrogens with zero attached hydrogens (tertiary/aromatic N) is 1. The van der Waals surface area contributed by atoms with E-state index in [0.717, 1.165) is 29.4 Å². The van der Waals surface area contributed by atoms with Crippen molar-refractivity contribution in [1.82, 2.24) is 20.0 Å². The van der Waals surface area contributed by atoms with Crippen LogP contribution in [-0.2, 0) is 21.2 Å². The van der Waals surface area contributed by atoms with Gasteiger partial charge in [0, 0.05) is 6.07 Å². The zero-order chi connectivity index (χ0) is 27.4. The molecule has 1 fully saturated rings. The molecule has 5 N–H and O–H groups in total. The molecule has 1 saturated carbocycles. The van der Waals surface area contributed by atoms with Crippen LogP contribution >= 0.6 is 0 Å². The number of sulfonamides is 1. The molecule has 1 heterocycles. The number of ether oxygens (including phenoxy) is 1. The predicted molar refractivity (Wildman–Crippen MR) is 146 cm³/mol. The molecular formula is C27H29BN4O6S. The van der Waals surface area contributed by atoms with E-state index in [1.54, 1.807) is 42.7 Å². The molecule has 0 radical (unpaired) electrons. The minimum Gasteiger partial charge on any atom is -0.457 e. The van der Waals surface area contributed by atoms with Crippen LogP contribution in [0, 0.1) is 5.92 Å². The molecule has 10 nitrogen and oxygen atoms in total. The fourth-order valence-corrected chi connectivity index (χ4v) is 5.54. The second-order valence-corrected chi connectivity index (χ2v) is 11.4. The van der Waals surface area contributed by atoms with Crippen LogP contribution < -0.4 is 14.8 Å². The summed E-state index contributed by atoms with van der Waals surface area (Å²) in [5.41, 5.74) is 2.37. The molecule has 1 aliphatic rings. The van der Waals surface area contributed by atoms with Crippen LogP contribution in [0.1, 0.15) is 24.8 Å². The largest absolute Gasteiger partial charge is 0.475 e. The smallest absolute Gasteiger partial charge is 0.457 e. The summed E-state index contributed by atoms with van der Waals surface area (Å²) in [6.07, 6.45) is 4.03. The highest BCUT2D eigenvalue weighted by Crippen LogP contribution is 2.33. The number of carbonyl (C=O) groups excluding carboxylic acids is 1. The monoisotopic (exact) mass is 548 g/mol. The number of aromatic amines is 1. The molecule has 5 rings (SSSR count). The van der Waals surface area contributed by atoms with Gasteiger partial charge in [-0.1, -0.05) is 43.2 Å². The first-order valence-corrected chi connectivity index (χ1v) is 14.2. The van der Waals surface area contributed by atoms with Gasteiger partial charge in [-0.2, -0.15) is 4.72 Å². The number of hydrogen-bond acceptors (Lipinski definition) is 7. The number of fused-ring (bicyclic) bond motifs is 1. The summed E-state index contributed by atoms with van der Waals surface area (Å²) in [5.74, 6) is -0.192. The number of nitrogens with one attached hydrogen (secondary N) is 3. The average Bonchev–Trinajstić information content (AvgIpc) is 3.62. The number of amides is 1. The molecule has 12 heteroatoms. The van der Waals surface area contributed by atoms with E-state index in [1.165, 1.54) is 24.3 Å². The highest BCUT2D eigenvalue weighted by molar-refractivity contribution is 7.89. The van der Waals surface area contributed by atoms with Gasteiger partial charge in [0.1, 0.15) is 17.5 Å². The number of aromatic nitrogens is 2. The Balaban J connectivity index is 1.31. The van der Waals surface area contributed by atoms with Crippen molar-refractivity contribution in [2.75, 3.05) is 0 Å². The molecule has 2 unspecified atom stereocenters. The Morgan fingerprint density at radius 3 is 2.46 bits per heavy atom. The van der Waals surface area contributed by atoms with Crippen LogP contribution in [0.5, 0.6) is 11.5 Å². The Kier molecular flexibility index (Phi) is 7.98. The summed E-state index contributed by atoms with van der Waals surface area (Å²) in [4.78, 5) is 20.4. The van der Waals surface area contributed by atoms with Gasteiger partial charge in [-0.3, -0.25) is 4.79 Å². The van der Waals surface area contributed by atoms with Crippen molar-refractivity contribution in [3.8, 4) is 11.5 Å². The molecule has 39 heavy (non-hydrogen) atoms. The van der Waals surface area contributed by atoms with E-state index in [2.05, 4.69) is 20.0 Å². The van der Waals surface area contributed by atoms with Gasteiger partial charge in [-0.25, -0.2) is 13.4 Å². The maximum atomic E-state index is 13.3. The molecule has 0 bridgehead atoms. The van der Waals surface area contributed by atoms with E-state index in [0.29, 0.717) is 23.8 Å². The first kappa shape index (κ1) is 26.9. The lowest BCUT2D eigenvalue weighted by Crippen LogP contribution is -2.54. The quantitative estimate of drug-likeness (QED) is 0.171. The lowest BCUT2D eigenvalue weighted by Gasteiger charge is -2.23. The maximum absolute atomic E-state index is 13.3. The zero-order valence-electron chi connectivity index (χ0n) is 21.0. The number of rotatable bonds is 12. The highest BCUT2D eigenvalue weighted by Gasteiger charge is 2.35. The van der Waals surface area contributed by atoms with Crippen molar-refractivity contribution in [2.24, 2.45) is 5.92 Å². The summed E-state index contributed by atoms with van der Waals surface area (Å²) in [5, 5.41) is 22.2. The molecule has 2 atom stereocenters. The zero-order valence-corrected chi connectivity index (χ0v) is 21.8. The molecule has 0 saturated heterocycles. The molecular weight excluding hydrogens is 519 g/mol. The molecule has 1 aliphatic carbocycles. The van der Waals surface area contributed by atoms with Crippen molar-refractivity contribution in [3.63, 3.8) is 0 Å². The first-order chi connectivity index (χ1) is 18.8. The Hall–Kier alpha value is -3.71. The summed E-state index contributed by atoms with van der Waals surface area (Å²) < 4.78 is 34.9. The molecule has 0 spiro atoms. The Bertz CT molecular complexity index is 1520. The van der Waals surface area contributed by atoms with Crippen LogP contribution in [0.3, 0.4) is 0 Å². The van der Waals surface area contributed by atoms with E-state index < -0.39 is 35.0 Å². The van der Waals surface area contributed by atoms with E-state index in [-0.39, 0.29) is 11.3 Å². The second-order valence-electron chi connectivity index (χ2n) is 9.73. The van der Waals surface area contributed by atoms with Crippen molar-refractivity contribution >= 4 is 34.1 Å². The summed E-state index contributed by atoms with van der Waals surface area (Å²) in [6, 6.07) is 19.1. The lowest BCUT2D eigenvalue weighted by molar-refractivity contribution is -0.123. The molecule has 4 aromatic rings. The third-order valence-corrected chi connectivity index (χ3v) is 8.12. The van der Waals surface area contributed by atoms with Crippen molar-refractivity contribution in [3.05, 3.63) is 84.7 Å². The second kappa shape index (κ2) is 11.6. The molecule has 3 aromatic carbocycles. The van der Waals surface area contributed by atoms with Crippen molar-refractivity contribution in [1.29, 1.82) is 0 Å². The number of imidazole rings is 1. The molecule has 0 aliphatic heterocycles. The number of benzene rings is 3. The predicted octanol–water partition coefficient (Wildman–Crippen LogP) is 2.54. The lowest BCUT2D eigenvalue weighted by atomic mass is 9.76. The summed E-state index contributed by atoms with van der Waals surface area (Å²) in [6.45, 7) is 0. The number of H-pyrrole nitrogens is 1. The average molecular weight is 548 g/mol. The third-order valence-electron chi connectivity index (χ3n) is 6.63. The highest BCUT2D eigenvalue weighted by atomic mass is 32.2. The SMILES string of the molecule is O=C(NC(CC1CC1)B(O)O)C(Cc1ccccc1)NS(=O)(=O)c1ccc(Oc2ccc3nc[nH]c3c2)cc1. The van der Waals surface area contributed by atoms with Gasteiger partial charge >= 0.3 is 7.12 Å². The van der Waals surface area contributed by atoms with E-state index in [4.69, 9.17) is 4.74 Å². The van der Waals surface area contributed by atoms with Gasteiger partial charge in [0.15, 0.2) is 0 Å². The molecule has 202 valence electrons. The standard InChI is InChI=1S/C27H29BN4O6S/c33-27(31-26(28(34)35)15-19-6-7-19)25(14-18-4-2-1-3-5-18)32-39(36,37)22-11-8-20(9-12-22)38-21-10-13-23-24(16-21)30-17-29-23/h1-5,8-13,16-17,19,25-26,32,34-35H,6-7,14-15H2,(H,29,30)(H,31,33). The molecule has 1 amide bonds. The van der Waals surface area contributed by atoms with Gasteiger partial charge in [0.25, 0.3) is 0 Å². The van der Waals surface area contributed by atoms with E-state index in [1.807, 2.05) is 12.1 Å². The van der Waals surface area contributed by atoms with Gasteiger partial charge in [-0.05, 0) is 60.7 Å². The van der Waals surface area contributed by atoms with Crippen LogP contribution in [0.15, 0.2) is 84.0 Å². The van der Waals surface area contributed by atoms with Gasteiger partial charge < -0.3 is 25.1 Å². The Morgan fingerprint density at radius 1 is 1.05 bits per heavy atom. The van der Waals surface area contributed by atoms with Crippen LogP contribution in [0.4, 0.5) is 0 Å². The van der Waals surface area contributed by atoms with Crippen LogP contribution in [0.2, 0.25) is 0 Å². The topological polar surface area (TPSA) is 154 Å². The fourth-order valence-electron chi connectivity index (χ4n) is 4.35. The van der Waals surface area contributed by atoms with Crippen molar-refractivity contribution in [2.45, 2.75) is 42.6 Å². The normalized spacial score (nSPS) is 15.0. The third kappa shape index (κ3) is 7.04. The Labute approximate surface area is 226 Å². The van der Waals surface area contributed by atoms with Crippen LogP contribution in [0.25, 0.3) is 11.0 Å². The number of hydrogen-bond donors (Lipinski definition) is 5. The minimum absolute atomic E-state index is 0.0403. The minimum atomic E-state index is -4.11. The molecule has 1 aromatic heterocycles. The van der Waals surface area contributed by atoms with Gasteiger partial charge in [-0.15, -0.1) is 0 Å². The van der Waals surface area contributed by atoms with E-state index in [9.17, 15) is 23.3 Å². The van der Waals surface area contributed by atoms with E-state index >= 15 is 0 Å². The number of carbonyl (C=O) groups is 1. The maximum Gasteiger partial charge on any atom is 0.475 e. The first-order valence-electron chi connectivity index (χ1n) is 12.7. The Morgan fingerprint density at radius 2 is 1.77 bits per heavy atom.